The van der Waals surface area contributed by atoms with E-state index in [0.717, 1.165) is 24.9 Å². The predicted molar refractivity (Wildman–Crippen MR) is 71.9 cm³/mol. The Morgan fingerprint density at radius 2 is 2.12 bits per heavy atom. The van der Waals surface area contributed by atoms with Gasteiger partial charge in [0.2, 0.25) is 0 Å². The lowest BCUT2D eigenvalue weighted by Crippen LogP contribution is -2.49. The number of rotatable bonds is 7. The zero-order chi connectivity index (χ0) is 12.3. The average molecular weight is 239 g/mol. The highest BCUT2D eigenvalue weighted by atomic mass is 16.5. The Morgan fingerprint density at radius 1 is 1.35 bits per heavy atom. The van der Waals surface area contributed by atoms with Gasteiger partial charge in [0.15, 0.2) is 0 Å². The van der Waals surface area contributed by atoms with Gasteiger partial charge in [-0.15, -0.1) is 0 Å². The fourth-order valence-electron chi connectivity index (χ4n) is 3.39. The van der Waals surface area contributed by atoms with Crippen LogP contribution in [0.25, 0.3) is 0 Å². The molecular formula is C15H29NO. The molecule has 1 aliphatic heterocycles. The van der Waals surface area contributed by atoms with Gasteiger partial charge in [0.05, 0.1) is 6.10 Å². The second kappa shape index (κ2) is 5.71. The van der Waals surface area contributed by atoms with Gasteiger partial charge in [0, 0.05) is 12.1 Å². The average Bonchev–Trinajstić information content (AvgIpc) is 3.09. The molecule has 0 aromatic rings. The molecule has 0 spiro atoms. The van der Waals surface area contributed by atoms with Crippen LogP contribution in [0.3, 0.4) is 0 Å². The molecule has 2 heteroatoms. The van der Waals surface area contributed by atoms with Gasteiger partial charge in [-0.25, -0.2) is 0 Å². The molecule has 0 amide bonds. The van der Waals surface area contributed by atoms with Crippen molar-refractivity contribution in [1.82, 2.24) is 0 Å². The maximum Gasteiger partial charge on any atom is 0.0783 e. The molecule has 1 aliphatic carbocycles. The zero-order valence-corrected chi connectivity index (χ0v) is 11.6. The fraction of sp³-hybridized carbons (Fsp3) is 1.00. The van der Waals surface area contributed by atoms with Crippen molar-refractivity contribution < 1.29 is 4.74 Å². The Balaban J connectivity index is 1.89. The van der Waals surface area contributed by atoms with Crippen molar-refractivity contribution in [3.8, 4) is 0 Å². The summed E-state index contributed by atoms with van der Waals surface area (Å²) >= 11 is 0. The molecule has 0 aromatic carbocycles. The molecule has 3 unspecified atom stereocenters. The van der Waals surface area contributed by atoms with E-state index in [1.807, 2.05) is 0 Å². The van der Waals surface area contributed by atoms with Gasteiger partial charge in [-0.3, -0.25) is 0 Å². The number of hydrogen-bond acceptors (Lipinski definition) is 2. The third-order valence-corrected chi connectivity index (χ3v) is 4.69. The van der Waals surface area contributed by atoms with E-state index >= 15 is 0 Å². The van der Waals surface area contributed by atoms with E-state index < -0.39 is 0 Å². The van der Waals surface area contributed by atoms with Crippen LogP contribution in [-0.4, -0.2) is 18.2 Å². The third kappa shape index (κ3) is 3.23. The van der Waals surface area contributed by atoms with Crippen molar-refractivity contribution in [3.05, 3.63) is 0 Å². The van der Waals surface area contributed by atoms with Gasteiger partial charge in [0.1, 0.15) is 0 Å². The van der Waals surface area contributed by atoms with Crippen molar-refractivity contribution >= 4 is 0 Å². The lowest BCUT2D eigenvalue weighted by molar-refractivity contribution is 0.0541. The minimum Gasteiger partial charge on any atom is -0.376 e. The van der Waals surface area contributed by atoms with E-state index in [1.165, 1.54) is 44.9 Å². The van der Waals surface area contributed by atoms with Gasteiger partial charge in [-0.1, -0.05) is 39.5 Å². The summed E-state index contributed by atoms with van der Waals surface area (Å²) in [5, 5.41) is 0. The summed E-state index contributed by atoms with van der Waals surface area (Å²) < 4.78 is 5.92. The molecule has 2 rings (SSSR count). The molecule has 2 fully saturated rings. The topological polar surface area (TPSA) is 35.2 Å². The van der Waals surface area contributed by atoms with Crippen LogP contribution < -0.4 is 5.73 Å². The van der Waals surface area contributed by atoms with Crippen LogP contribution in [0.2, 0.25) is 0 Å². The molecule has 2 nitrogen and oxygen atoms in total. The summed E-state index contributed by atoms with van der Waals surface area (Å²) in [5.41, 5.74) is 6.66. The smallest absolute Gasteiger partial charge is 0.0783 e. The molecule has 1 heterocycles. The maximum atomic E-state index is 6.67. The minimum atomic E-state index is -0.00438. The lowest BCUT2D eigenvalue weighted by atomic mass is 9.78. The zero-order valence-electron chi connectivity index (χ0n) is 11.6. The van der Waals surface area contributed by atoms with E-state index in [9.17, 15) is 0 Å². The Bertz CT molecular complexity index is 239. The number of ether oxygens (including phenoxy) is 1. The summed E-state index contributed by atoms with van der Waals surface area (Å²) in [5.74, 6) is 1.59. The Labute approximate surface area is 106 Å². The maximum absolute atomic E-state index is 6.67. The van der Waals surface area contributed by atoms with Crippen molar-refractivity contribution in [1.29, 1.82) is 0 Å². The third-order valence-electron chi connectivity index (χ3n) is 4.69. The molecule has 0 radical (unpaired) electrons. The van der Waals surface area contributed by atoms with Crippen molar-refractivity contribution in [2.75, 3.05) is 6.61 Å². The van der Waals surface area contributed by atoms with Gasteiger partial charge >= 0.3 is 0 Å². The Hall–Kier alpha value is -0.0800. The van der Waals surface area contributed by atoms with Gasteiger partial charge in [0.25, 0.3) is 0 Å². The Morgan fingerprint density at radius 3 is 2.71 bits per heavy atom. The van der Waals surface area contributed by atoms with Crippen LogP contribution in [0.15, 0.2) is 0 Å². The standard InChI is InChI=1S/C15H29NO/c1-3-5-6-12(4-2)11-15(16)9-10-17-14(15)13-7-8-13/h12-14H,3-11,16H2,1-2H3. The molecule has 0 aromatic heterocycles. The number of unbranched alkanes of at least 4 members (excludes halogenated alkanes) is 1. The number of nitrogens with two attached hydrogens (primary N) is 1. The van der Waals surface area contributed by atoms with E-state index in [0.29, 0.717) is 6.10 Å². The van der Waals surface area contributed by atoms with Crippen LogP contribution in [0.5, 0.6) is 0 Å². The highest BCUT2D eigenvalue weighted by Gasteiger charge is 2.49. The lowest BCUT2D eigenvalue weighted by Gasteiger charge is -2.33. The molecule has 3 atom stereocenters. The minimum absolute atomic E-state index is 0.00438. The van der Waals surface area contributed by atoms with Crippen LogP contribution in [0.4, 0.5) is 0 Å². The summed E-state index contributed by atoms with van der Waals surface area (Å²) in [6, 6.07) is 0. The SMILES string of the molecule is CCCCC(CC)CC1(N)CCOC1C1CC1. The Kier molecular flexibility index (Phi) is 4.48. The van der Waals surface area contributed by atoms with Crippen LogP contribution in [-0.2, 0) is 4.74 Å². The molecule has 1 saturated carbocycles. The largest absolute Gasteiger partial charge is 0.376 e. The normalized spacial score (nSPS) is 35.1. The summed E-state index contributed by atoms with van der Waals surface area (Å²) in [6.07, 6.45) is 10.6. The first-order valence-electron chi connectivity index (χ1n) is 7.60. The summed E-state index contributed by atoms with van der Waals surface area (Å²) in [6.45, 7) is 5.48. The first kappa shape index (κ1) is 13.4. The molecule has 2 N–H and O–H groups in total. The quantitative estimate of drug-likeness (QED) is 0.738. The molecule has 1 saturated heterocycles. The van der Waals surface area contributed by atoms with Crippen molar-refractivity contribution in [2.24, 2.45) is 17.6 Å². The van der Waals surface area contributed by atoms with Crippen LogP contribution in [0, 0.1) is 11.8 Å². The van der Waals surface area contributed by atoms with Gasteiger partial charge in [-0.05, 0) is 37.5 Å². The monoisotopic (exact) mass is 239 g/mol. The second-order valence-electron chi connectivity index (χ2n) is 6.23. The van der Waals surface area contributed by atoms with Crippen molar-refractivity contribution in [2.45, 2.75) is 76.9 Å². The number of hydrogen-bond donors (Lipinski definition) is 1. The van der Waals surface area contributed by atoms with Crippen LogP contribution >= 0.6 is 0 Å². The first-order chi connectivity index (χ1) is 8.19. The second-order valence-corrected chi connectivity index (χ2v) is 6.23. The highest BCUT2D eigenvalue weighted by molar-refractivity contribution is 5.04. The van der Waals surface area contributed by atoms with E-state index in [2.05, 4.69) is 13.8 Å². The van der Waals surface area contributed by atoms with Gasteiger partial charge < -0.3 is 10.5 Å². The first-order valence-corrected chi connectivity index (χ1v) is 7.60. The molecular weight excluding hydrogens is 210 g/mol. The molecule has 0 bridgehead atoms. The molecule has 100 valence electrons. The fourth-order valence-corrected chi connectivity index (χ4v) is 3.39. The van der Waals surface area contributed by atoms with E-state index in [1.54, 1.807) is 0 Å². The highest BCUT2D eigenvalue weighted by Crippen LogP contribution is 2.45. The van der Waals surface area contributed by atoms with Gasteiger partial charge in [-0.2, -0.15) is 0 Å². The van der Waals surface area contributed by atoms with Crippen molar-refractivity contribution in [3.63, 3.8) is 0 Å². The molecule has 17 heavy (non-hydrogen) atoms. The summed E-state index contributed by atoms with van der Waals surface area (Å²) in [7, 11) is 0. The van der Waals surface area contributed by atoms with E-state index in [-0.39, 0.29) is 5.54 Å². The van der Waals surface area contributed by atoms with E-state index in [4.69, 9.17) is 10.5 Å². The summed E-state index contributed by atoms with van der Waals surface area (Å²) in [4.78, 5) is 0. The van der Waals surface area contributed by atoms with Crippen LogP contribution in [0.1, 0.15) is 65.2 Å². The molecule has 2 aliphatic rings. The predicted octanol–water partition coefficient (Wildman–Crippen LogP) is 3.49.